The molecule has 1 saturated carbocycles. The van der Waals surface area contributed by atoms with Gasteiger partial charge >= 0.3 is 6.03 Å². The number of hydrogen-bond acceptors (Lipinski definition) is 1. The van der Waals surface area contributed by atoms with Crippen molar-refractivity contribution in [2.45, 2.75) is 58.4 Å². The molecule has 0 atom stereocenters. The van der Waals surface area contributed by atoms with Gasteiger partial charge in [-0.1, -0.05) is 19.8 Å². The number of carbonyl (C=O) groups is 1. The third-order valence-electron chi connectivity index (χ3n) is 3.22. The van der Waals surface area contributed by atoms with Gasteiger partial charge in [-0.3, -0.25) is 0 Å². The van der Waals surface area contributed by atoms with Crippen LogP contribution in [0.4, 0.5) is 4.79 Å². The summed E-state index contributed by atoms with van der Waals surface area (Å²) in [5.74, 6) is 0.905. The van der Waals surface area contributed by atoms with Gasteiger partial charge in [-0.15, -0.1) is 0 Å². The second-order valence-corrected chi connectivity index (χ2v) is 4.51. The van der Waals surface area contributed by atoms with Crippen LogP contribution in [-0.4, -0.2) is 18.6 Å². The Morgan fingerprint density at radius 3 is 2.40 bits per heavy atom. The highest BCUT2D eigenvalue weighted by Gasteiger charge is 2.21. The quantitative estimate of drug-likeness (QED) is 0.739. The van der Waals surface area contributed by atoms with Crippen LogP contribution in [0, 0.1) is 5.92 Å². The number of nitrogens with one attached hydrogen (secondary N) is 2. The van der Waals surface area contributed by atoms with Gasteiger partial charge in [0.05, 0.1) is 0 Å². The molecule has 88 valence electrons. The Morgan fingerprint density at radius 2 is 1.87 bits per heavy atom. The average Bonchev–Trinajstić information content (AvgIpc) is 2.22. The van der Waals surface area contributed by atoms with Crippen molar-refractivity contribution >= 4 is 6.03 Å². The molecular formula is C12H24N2O. The minimum absolute atomic E-state index is 0.00329. The lowest BCUT2D eigenvalue weighted by Crippen LogP contribution is -2.43. The van der Waals surface area contributed by atoms with Crippen LogP contribution in [0.2, 0.25) is 0 Å². The van der Waals surface area contributed by atoms with Crippen LogP contribution in [0.15, 0.2) is 0 Å². The second-order valence-electron chi connectivity index (χ2n) is 4.51. The Kier molecular flexibility index (Phi) is 5.51. The summed E-state index contributed by atoms with van der Waals surface area (Å²) in [5, 5.41) is 5.81. The summed E-state index contributed by atoms with van der Waals surface area (Å²) in [4.78, 5) is 11.3. The number of hydrogen-bond donors (Lipinski definition) is 2. The molecule has 0 bridgehead atoms. The zero-order valence-corrected chi connectivity index (χ0v) is 10.0. The van der Waals surface area contributed by atoms with E-state index in [0.717, 1.165) is 18.8 Å². The van der Waals surface area contributed by atoms with Crippen LogP contribution in [-0.2, 0) is 0 Å². The van der Waals surface area contributed by atoms with E-state index in [1.54, 1.807) is 0 Å². The Morgan fingerprint density at radius 1 is 1.20 bits per heavy atom. The van der Waals surface area contributed by atoms with E-state index >= 15 is 0 Å². The van der Waals surface area contributed by atoms with Crippen LogP contribution in [0.5, 0.6) is 0 Å². The van der Waals surface area contributed by atoms with E-state index in [1.807, 2.05) is 6.92 Å². The smallest absolute Gasteiger partial charge is 0.314 e. The zero-order chi connectivity index (χ0) is 11.1. The molecular weight excluding hydrogens is 188 g/mol. The minimum Gasteiger partial charge on any atom is -0.338 e. The van der Waals surface area contributed by atoms with Crippen LogP contribution in [0.1, 0.15) is 52.4 Å². The molecule has 3 nitrogen and oxygen atoms in total. The highest BCUT2D eigenvalue weighted by atomic mass is 16.2. The molecule has 1 aliphatic rings. The van der Waals surface area contributed by atoms with Crippen molar-refractivity contribution in [1.82, 2.24) is 10.6 Å². The van der Waals surface area contributed by atoms with Gasteiger partial charge in [0, 0.05) is 12.6 Å². The second kappa shape index (κ2) is 6.70. The lowest BCUT2D eigenvalue weighted by atomic mass is 9.83. The Hall–Kier alpha value is -0.730. The SMILES string of the molecule is CCCC1CCC(NC(=O)NCC)CC1. The molecule has 0 aromatic heterocycles. The number of carbonyl (C=O) groups excluding carboxylic acids is 1. The molecule has 0 unspecified atom stereocenters. The summed E-state index contributed by atoms with van der Waals surface area (Å²) in [6, 6.07) is 0.404. The Balaban J connectivity index is 2.16. The highest BCUT2D eigenvalue weighted by molar-refractivity contribution is 5.74. The van der Waals surface area contributed by atoms with Gasteiger partial charge in [0.15, 0.2) is 0 Å². The lowest BCUT2D eigenvalue weighted by Gasteiger charge is -2.28. The molecule has 0 heterocycles. The molecule has 15 heavy (non-hydrogen) atoms. The first-order chi connectivity index (χ1) is 7.26. The van der Waals surface area contributed by atoms with Gasteiger partial charge in [-0.05, 0) is 38.5 Å². The van der Waals surface area contributed by atoms with Gasteiger partial charge < -0.3 is 10.6 Å². The summed E-state index contributed by atoms with van der Waals surface area (Å²) in [5.41, 5.74) is 0. The summed E-state index contributed by atoms with van der Waals surface area (Å²) in [6.07, 6.45) is 7.52. The first-order valence-corrected chi connectivity index (χ1v) is 6.30. The summed E-state index contributed by atoms with van der Waals surface area (Å²) >= 11 is 0. The number of urea groups is 1. The average molecular weight is 212 g/mol. The third kappa shape index (κ3) is 4.54. The molecule has 0 radical (unpaired) electrons. The highest BCUT2D eigenvalue weighted by Crippen LogP contribution is 2.27. The fraction of sp³-hybridized carbons (Fsp3) is 0.917. The van der Waals surface area contributed by atoms with Crippen molar-refractivity contribution in [3.05, 3.63) is 0 Å². The van der Waals surface area contributed by atoms with E-state index in [9.17, 15) is 4.79 Å². The minimum atomic E-state index is -0.00329. The predicted octanol–water partition coefficient (Wildman–Crippen LogP) is 2.66. The molecule has 0 spiro atoms. The molecule has 0 aromatic carbocycles. The fourth-order valence-corrected chi connectivity index (χ4v) is 2.40. The van der Waals surface area contributed by atoms with Crippen molar-refractivity contribution in [1.29, 1.82) is 0 Å². The van der Waals surface area contributed by atoms with E-state index in [0.29, 0.717) is 12.6 Å². The predicted molar refractivity (Wildman–Crippen MR) is 62.9 cm³/mol. The molecule has 1 rings (SSSR count). The summed E-state index contributed by atoms with van der Waals surface area (Å²) in [7, 11) is 0. The summed E-state index contributed by atoms with van der Waals surface area (Å²) < 4.78 is 0. The van der Waals surface area contributed by atoms with Crippen LogP contribution < -0.4 is 10.6 Å². The maximum atomic E-state index is 11.3. The number of rotatable bonds is 4. The molecule has 0 aliphatic heterocycles. The normalized spacial score (nSPS) is 26.0. The topological polar surface area (TPSA) is 41.1 Å². The van der Waals surface area contributed by atoms with E-state index in [2.05, 4.69) is 17.6 Å². The van der Waals surface area contributed by atoms with Crippen LogP contribution >= 0.6 is 0 Å². The Bertz CT molecular complexity index is 186. The van der Waals surface area contributed by atoms with Gasteiger partial charge in [-0.2, -0.15) is 0 Å². The molecule has 2 N–H and O–H groups in total. The molecule has 0 aromatic rings. The van der Waals surface area contributed by atoms with Crippen LogP contribution in [0.25, 0.3) is 0 Å². The maximum Gasteiger partial charge on any atom is 0.314 e. The molecule has 0 saturated heterocycles. The lowest BCUT2D eigenvalue weighted by molar-refractivity contribution is 0.226. The first-order valence-electron chi connectivity index (χ1n) is 6.30. The molecule has 1 aliphatic carbocycles. The largest absolute Gasteiger partial charge is 0.338 e. The van der Waals surface area contributed by atoms with Gasteiger partial charge in [-0.25, -0.2) is 4.79 Å². The molecule has 1 fully saturated rings. The Labute approximate surface area is 93.0 Å². The van der Waals surface area contributed by atoms with Gasteiger partial charge in [0.25, 0.3) is 0 Å². The van der Waals surface area contributed by atoms with Crippen LogP contribution in [0.3, 0.4) is 0 Å². The van der Waals surface area contributed by atoms with E-state index in [-0.39, 0.29) is 6.03 Å². The molecule has 2 amide bonds. The number of amides is 2. The first kappa shape index (κ1) is 12.3. The van der Waals surface area contributed by atoms with Crippen molar-refractivity contribution in [3.8, 4) is 0 Å². The van der Waals surface area contributed by atoms with Crippen molar-refractivity contribution in [2.24, 2.45) is 5.92 Å². The maximum absolute atomic E-state index is 11.3. The van der Waals surface area contributed by atoms with Crippen molar-refractivity contribution in [3.63, 3.8) is 0 Å². The zero-order valence-electron chi connectivity index (χ0n) is 10.0. The third-order valence-corrected chi connectivity index (χ3v) is 3.22. The standard InChI is InChI=1S/C12H24N2O/c1-3-5-10-6-8-11(9-7-10)14-12(15)13-4-2/h10-11H,3-9H2,1-2H3,(H2,13,14,15). The fourth-order valence-electron chi connectivity index (χ4n) is 2.40. The monoisotopic (exact) mass is 212 g/mol. The van der Waals surface area contributed by atoms with Gasteiger partial charge in [0.1, 0.15) is 0 Å². The van der Waals surface area contributed by atoms with E-state index < -0.39 is 0 Å². The molecule has 3 heteroatoms. The van der Waals surface area contributed by atoms with Gasteiger partial charge in [0.2, 0.25) is 0 Å². The van der Waals surface area contributed by atoms with Crippen molar-refractivity contribution < 1.29 is 4.79 Å². The summed E-state index contributed by atoms with van der Waals surface area (Å²) in [6.45, 7) is 4.90. The van der Waals surface area contributed by atoms with E-state index in [1.165, 1.54) is 25.7 Å². The van der Waals surface area contributed by atoms with Crippen molar-refractivity contribution in [2.75, 3.05) is 6.54 Å². The van der Waals surface area contributed by atoms with E-state index in [4.69, 9.17) is 0 Å².